The van der Waals surface area contributed by atoms with Gasteiger partial charge in [-0.1, -0.05) is 46.9 Å². The third-order valence-corrected chi connectivity index (χ3v) is 3.26. The molecule has 104 valence electrons. The van der Waals surface area contributed by atoms with Gasteiger partial charge in [0.15, 0.2) is 12.4 Å². The van der Waals surface area contributed by atoms with Crippen LogP contribution in [0.15, 0.2) is 36.4 Å². The minimum absolute atomic E-state index is 0.0475. The van der Waals surface area contributed by atoms with Gasteiger partial charge in [0, 0.05) is 5.02 Å². The van der Waals surface area contributed by atoms with Crippen LogP contribution in [0.1, 0.15) is 10.4 Å². The zero-order valence-corrected chi connectivity index (χ0v) is 12.3. The van der Waals surface area contributed by atoms with E-state index in [0.29, 0.717) is 5.02 Å². The highest BCUT2D eigenvalue weighted by Gasteiger charge is 2.14. The maximum absolute atomic E-state index is 13.4. The van der Waals surface area contributed by atoms with Gasteiger partial charge in [0.2, 0.25) is 5.78 Å². The largest absolute Gasteiger partial charge is 0.482 e. The molecule has 2 aromatic carbocycles. The van der Waals surface area contributed by atoms with Crippen molar-refractivity contribution >= 4 is 40.6 Å². The van der Waals surface area contributed by atoms with Crippen LogP contribution in [0.25, 0.3) is 0 Å². The van der Waals surface area contributed by atoms with Gasteiger partial charge in [-0.3, -0.25) is 4.79 Å². The Morgan fingerprint density at radius 2 is 1.70 bits per heavy atom. The van der Waals surface area contributed by atoms with Crippen molar-refractivity contribution in [1.82, 2.24) is 0 Å². The fraction of sp³-hybridized carbons (Fsp3) is 0.0714. The molecule has 0 atom stereocenters. The topological polar surface area (TPSA) is 26.3 Å². The van der Waals surface area contributed by atoms with E-state index in [4.69, 9.17) is 39.5 Å². The zero-order chi connectivity index (χ0) is 14.7. The zero-order valence-electron chi connectivity index (χ0n) is 10.00. The van der Waals surface area contributed by atoms with Crippen LogP contribution in [0.3, 0.4) is 0 Å². The van der Waals surface area contributed by atoms with Gasteiger partial charge in [-0.25, -0.2) is 4.39 Å². The normalized spacial score (nSPS) is 10.4. The summed E-state index contributed by atoms with van der Waals surface area (Å²) in [5, 5.41) is 0.723. The number of halogens is 4. The minimum Gasteiger partial charge on any atom is -0.482 e. The van der Waals surface area contributed by atoms with Crippen molar-refractivity contribution < 1.29 is 13.9 Å². The fourth-order valence-electron chi connectivity index (χ4n) is 1.57. The van der Waals surface area contributed by atoms with Crippen LogP contribution in [0.4, 0.5) is 4.39 Å². The average molecular weight is 334 g/mol. The summed E-state index contributed by atoms with van der Waals surface area (Å²) >= 11 is 17.6. The Hall–Kier alpha value is -1.29. The van der Waals surface area contributed by atoms with E-state index in [2.05, 4.69) is 0 Å². The summed E-state index contributed by atoms with van der Waals surface area (Å²) in [6, 6.07) is 8.54. The Morgan fingerprint density at radius 3 is 2.30 bits per heavy atom. The van der Waals surface area contributed by atoms with Crippen molar-refractivity contribution in [3.63, 3.8) is 0 Å². The van der Waals surface area contributed by atoms with Gasteiger partial charge in [0.05, 0.1) is 15.6 Å². The molecule has 0 radical (unpaired) electrons. The van der Waals surface area contributed by atoms with Gasteiger partial charge in [0.25, 0.3) is 0 Å². The molecular weight excluding hydrogens is 326 g/mol. The molecule has 20 heavy (non-hydrogen) atoms. The van der Waals surface area contributed by atoms with E-state index in [-0.39, 0.29) is 28.0 Å². The molecule has 0 spiro atoms. The number of ketones is 1. The molecular formula is C14H8Cl3FO2. The maximum Gasteiger partial charge on any atom is 0.203 e. The van der Waals surface area contributed by atoms with E-state index < -0.39 is 11.6 Å². The second kappa shape index (κ2) is 6.44. The summed E-state index contributed by atoms with van der Waals surface area (Å²) in [6.45, 7) is -0.373. The number of ether oxygens (including phenoxy) is 1. The Morgan fingerprint density at radius 1 is 1.10 bits per heavy atom. The predicted octanol–water partition coefficient (Wildman–Crippen LogP) is 5.05. The molecule has 0 aliphatic carbocycles. The molecule has 2 nitrogen and oxygen atoms in total. The second-order valence-corrected chi connectivity index (χ2v) is 5.14. The molecule has 2 aromatic rings. The first kappa shape index (κ1) is 15.1. The van der Waals surface area contributed by atoms with E-state index in [0.717, 1.165) is 0 Å². The second-order valence-electron chi connectivity index (χ2n) is 3.89. The van der Waals surface area contributed by atoms with E-state index >= 15 is 0 Å². The van der Waals surface area contributed by atoms with Gasteiger partial charge >= 0.3 is 0 Å². The lowest BCUT2D eigenvalue weighted by atomic mass is 10.1. The molecule has 2 rings (SSSR count). The summed E-state index contributed by atoms with van der Waals surface area (Å²) in [5.41, 5.74) is -0.0475. The Bertz CT molecular complexity index is 636. The predicted molar refractivity (Wildman–Crippen MR) is 77.7 cm³/mol. The third-order valence-electron chi connectivity index (χ3n) is 2.48. The number of benzene rings is 2. The standard InChI is InChI=1S/C14H8Cl3FO2/c15-8-5-10(16)14(11(17)6-8)20-7-13(19)9-3-1-2-4-12(9)18/h1-6H,7H2. The van der Waals surface area contributed by atoms with Gasteiger partial charge in [-0.05, 0) is 24.3 Å². The number of rotatable bonds is 4. The van der Waals surface area contributed by atoms with Crippen molar-refractivity contribution in [2.24, 2.45) is 0 Å². The SMILES string of the molecule is O=C(COc1c(Cl)cc(Cl)cc1Cl)c1ccccc1F. The number of Topliss-reactive ketones (excluding diaryl/α,β-unsaturated/α-hetero) is 1. The molecule has 0 saturated carbocycles. The van der Waals surface area contributed by atoms with Crippen LogP contribution in [0.5, 0.6) is 5.75 Å². The Labute approximate surface area is 130 Å². The molecule has 0 heterocycles. The van der Waals surface area contributed by atoms with Crippen LogP contribution < -0.4 is 4.74 Å². The highest BCUT2D eigenvalue weighted by molar-refractivity contribution is 6.40. The summed E-state index contributed by atoms with van der Waals surface area (Å²) in [4.78, 5) is 11.9. The number of carbonyl (C=O) groups excluding carboxylic acids is 1. The number of hydrogen-bond acceptors (Lipinski definition) is 2. The Balaban J connectivity index is 2.14. The lowest BCUT2D eigenvalue weighted by Crippen LogP contribution is -2.13. The fourth-order valence-corrected chi connectivity index (χ4v) is 2.50. The van der Waals surface area contributed by atoms with Gasteiger partial charge in [-0.2, -0.15) is 0 Å². The molecule has 0 amide bonds. The van der Waals surface area contributed by atoms with Crippen molar-refractivity contribution in [3.05, 3.63) is 62.8 Å². The van der Waals surface area contributed by atoms with Crippen LogP contribution in [-0.4, -0.2) is 12.4 Å². The molecule has 0 fully saturated rings. The summed E-state index contributed by atoms with van der Waals surface area (Å²) in [7, 11) is 0. The van der Waals surface area contributed by atoms with Crippen LogP contribution in [0.2, 0.25) is 15.1 Å². The van der Waals surface area contributed by atoms with Gasteiger partial charge in [0.1, 0.15) is 5.82 Å². The molecule has 0 N–H and O–H groups in total. The monoisotopic (exact) mass is 332 g/mol. The average Bonchev–Trinajstić information content (AvgIpc) is 2.37. The molecule has 0 bridgehead atoms. The minimum atomic E-state index is -0.602. The number of carbonyl (C=O) groups is 1. The van der Waals surface area contributed by atoms with Crippen LogP contribution >= 0.6 is 34.8 Å². The van der Waals surface area contributed by atoms with E-state index in [1.807, 2.05) is 0 Å². The summed E-state index contributed by atoms with van der Waals surface area (Å²) < 4.78 is 18.7. The first-order chi connectivity index (χ1) is 9.49. The smallest absolute Gasteiger partial charge is 0.203 e. The van der Waals surface area contributed by atoms with Crippen molar-refractivity contribution in [3.8, 4) is 5.75 Å². The molecule has 0 saturated heterocycles. The first-order valence-electron chi connectivity index (χ1n) is 5.54. The van der Waals surface area contributed by atoms with Gasteiger partial charge in [-0.15, -0.1) is 0 Å². The third kappa shape index (κ3) is 3.42. The molecule has 0 aromatic heterocycles. The highest BCUT2D eigenvalue weighted by atomic mass is 35.5. The molecule has 0 aliphatic rings. The number of hydrogen-bond donors (Lipinski definition) is 0. The van der Waals surface area contributed by atoms with E-state index in [9.17, 15) is 9.18 Å². The van der Waals surface area contributed by atoms with Gasteiger partial charge < -0.3 is 4.74 Å². The van der Waals surface area contributed by atoms with Crippen molar-refractivity contribution in [2.75, 3.05) is 6.61 Å². The van der Waals surface area contributed by atoms with Crippen molar-refractivity contribution in [2.45, 2.75) is 0 Å². The molecule has 0 unspecified atom stereocenters. The summed E-state index contributed by atoms with van der Waals surface area (Å²) in [5.74, 6) is -0.970. The van der Waals surface area contributed by atoms with Crippen LogP contribution in [0, 0.1) is 5.82 Å². The maximum atomic E-state index is 13.4. The highest BCUT2D eigenvalue weighted by Crippen LogP contribution is 2.35. The quantitative estimate of drug-likeness (QED) is 0.732. The Kier molecular flexibility index (Phi) is 4.86. The van der Waals surface area contributed by atoms with E-state index in [1.165, 1.54) is 30.3 Å². The van der Waals surface area contributed by atoms with E-state index in [1.54, 1.807) is 6.07 Å². The first-order valence-corrected chi connectivity index (χ1v) is 6.67. The lowest BCUT2D eigenvalue weighted by molar-refractivity contribution is 0.0917. The molecule has 0 aliphatic heterocycles. The lowest BCUT2D eigenvalue weighted by Gasteiger charge is -2.10. The van der Waals surface area contributed by atoms with Crippen LogP contribution in [-0.2, 0) is 0 Å². The summed E-state index contributed by atoms with van der Waals surface area (Å²) in [6.07, 6.45) is 0. The van der Waals surface area contributed by atoms with Crippen molar-refractivity contribution in [1.29, 1.82) is 0 Å². The molecule has 6 heteroatoms.